The van der Waals surface area contributed by atoms with E-state index in [-0.39, 0.29) is 0 Å². The first-order valence-corrected chi connectivity index (χ1v) is 4.83. The van der Waals surface area contributed by atoms with Crippen molar-refractivity contribution in [3.8, 4) is 0 Å². The Hall–Kier alpha value is -0.590. The van der Waals surface area contributed by atoms with Gasteiger partial charge in [0.05, 0.1) is 0 Å². The molecule has 0 spiro atoms. The molecular weight excluding hydrogens is 148 g/mol. The van der Waals surface area contributed by atoms with E-state index in [1.807, 2.05) is 6.08 Å². The van der Waals surface area contributed by atoms with Crippen molar-refractivity contribution in [1.29, 1.82) is 0 Å². The number of allylic oxidation sites excluding steroid dienone is 1. The van der Waals surface area contributed by atoms with Crippen LogP contribution in [0.4, 0.5) is 0 Å². The molecule has 1 radical (unpaired) electrons. The Morgan fingerprint density at radius 2 is 2.00 bits per heavy atom. The van der Waals surface area contributed by atoms with Gasteiger partial charge in [-0.15, -0.1) is 6.58 Å². The minimum absolute atomic E-state index is 0.384. The Balaban J connectivity index is 2.24. The largest absolute Gasteiger partial charge is 0.299 e. The maximum Gasteiger partial charge on any atom is 0.140 e. The van der Waals surface area contributed by atoms with Gasteiger partial charge in [0.25, 0.3) is 0 Å². The summed E-state index contributed by atoms with van der Waals surface area (Å²) < 4.78 is 0. The van der Waals surface area contributed by atoms with E-state index in [0.29, 0.717) is 12.2 Å². The van der Waals surface area contributed by atoms with Gasteiger partial charge in [-0.25, -0.2) is 0 Å². The molecule has 1 aliphatic carbocycles. The second kappa shape index (κ2) is 5.13. The SMILES string of the molecule is C=CCCC(=O)[C]1CCCCC1. The first-order valence-electron chi connectivity index (χ1n) is 4.83. The Bertz CT molecular complexity index is 154. The fourth-order valence-electron chi connectivity index (χ4n) is 1.67. The van der Waals surface area contributed by atoms with Gasteiger partial charge in [-0.3, -0.25) is 4.79 Å². The van der Waals surface area contributed by atoms with E-state index in [0.717, 1.165) is 19.3 Å². The zero-order valence-corrected chi connectivity index (χ0v) is 7.64. The summed E-state index contributed by atoms with van der Waals surface area (Å²) in [4.78, 5) is 11.5. The van der Waals surface area contributed by atoms with Crippen LogP contribution in [0.15, 0.2) is 12.7 Å². The molecule has 0 heterocycles. The summed E-state index contributed by atoms with van der Waals surface area (Å²) in [6.07, 6.45) is 9.18. The average Bonchev–Trinajstić information content (AvgIpc) is 2.15. The lowest BCUT2D eigenvalue weighted by molar-refractivity contribution is -0.117. The Morgan fingerprint density at radius 1 is 1.33 bits per heavy atom. The molecule has 0 saturated heterocycles. The Morgan fingerprint density at radius 3 is 2.58 bits per heavy atom. The third kappa shape index (κ3) is 2.80. The molecule has 0 bridgehead atoms. The van der Waals surface area contributed by atoms with E-state index >= 15 is 0 Å². The summed E-state index contributed by atoms with van der Waals surface area (Å²) >= 11 is 0. The summed E-state index contributed by atoms with van der Waals surface area (Å²) in [6, 6.07) is 0. The van der Waals surface area contributed by atoms with Crippen LogP contribution in [-0.4, -0.2) is 5.78 Å². The second-order valence-corrected chi connectivity index (χ2v) is 3.41. The molecule has 0 unspecified atom stereocenters. The molecule has 0 aromatic rings. The van der Waals surface area contributed by atoms with E-state index in [9.17, 15) is 4.79 Å². The van der Waals surface area contributed by atoms with Gasteiger partial charge in [0.2, 0.25) is 0 Å². The molecule has 0 atom stereocenters. The predicted molar refractivity (Wildman–Crippen MR) is 50.8 cm³/mol. The van der Waals surface area contributed by atoms with Crippen molar-refractivity contribution in [2.45, 2.75) is 44.9 Å². The third-order valence-corrected chi connectivity index (χ3v) is 2.43. The topological polar surface area (TPSA) is 17.1 Å². The molecule has 0 aromatic carbocycles. The van der Waals surface area contributed by atoms with Crippen LogP contribution in [-0.2, 0) is 4.79 Å². The minimum atomic E-state index is 0.384. The van der Waals surface area contributed by atoms with Gasteiger partial charge in [-0.05, 0) is 19.3 Å². The number of Topliss-reactive ketones (excluding diaryl/α,β-unsaturated/α-hetero) is 1. The van der Waals surface area contributed by atoms with Gasteiger partial charge in [0.15, 0.2) is 0 Å². The highest BCUT2D eigenvalue weighted by atomic mass is 16.1. The van der Waals surface area contributed by atoms with Gasteiger partial charge in [-0.2, -0.15) is 0 Å². The molecule has 1 fully saturated rings. The zero-order valence-electron chi connectivity index (χ0n) is 7.64. The Kier molecular flexibility index (Phi) is 4.06. The summed E-state index contributed by atoms with van der Waals surface area (Å²) in [5.41, 5.74) is 0. The summed E-state index contributed by atoms with van der Waals surface area (Å²) in [7, 11) is 0. The van der Waals surface area contributed by atoms with E-state index in [2.05, 4.69) is 6.58 Å². The highest BCUT2D eigenvalue weighted by molar-refractivity contribution is 5.92. The average molecular weight is 165 g/mol. The highest BCUT2D eigenvalue weighted by Gasteiger charge is 2.20. The molecule has 0 N–H and O–H groups in total. The summed E-state index contributed by atoms with van der Waals surface area (Å²) in [6.45, 7) is 3.62. The Labute approximate surface area is 74.9 Å². The molecule has 67 valence electrons. The summed E-state index contributed by atoms with van der Waals surface area (Å²) in [5.74, 6) is 1.57. The van der Waals surface area contributed by atoms with Crippen molar-refractivity contribution >= 4 is 5.78 Å². The van der Waals surface area contributed by atoms with E-state index in [1.165, 1.54) is 25.2 Å². The lowest BCUT2D eigenvalue weighted by atomic mass is 9.85. The van der Waals surface area contributed by atoms with Gasteiger partial charge in [0, 0.05) is 12.3 Å². The van der Waals surface area contributed by atoms with Crippen molar-refractivity contribution in [3.05, 3.63) is 18.6 Å². The van der Waals surface area contributed by atoms with Crippen LogP contribution in [0.2, 0.25) is 0 Å². The second-order valence-electron chi connectivity index (χ2n) is 3.41. The van der Waals surface area contributed by atoms with Crippen LogP contribution in [0.25, 0.3) is 0 Å². The van der Waals surface area contributed by atoms with Crippen LogP contribution < -0.4 is 0 Å². The van der Waals surface area contributed by atoms with Gasteiger partial charge in [-0.1, -0.05) is 25.3 Å². The molecule has 1 rings (SSSR count). The smallest absolute Gasteiger partial charge is 0.140 e. The molecule has 0 aliphatic heterocycles. The number of carbonyl (C=O) groups excluding carboxylic acids is 1. The van der Waals surface area contributed by atoms with Crippen LogP contribution in [0.5, 0.6) is 0 Å². The number of ketones is 1. The minimum Gasteiger partial charge on any atom is -0.299 e. The fraction of sp³-hybridized carbons (Fsp3) is 0.636. The number of hydrogen-bond donors (Lipinski definition) is 0. The zero-order chi connectivity index (χ0) is 8.81. The van der Waals surface area contributed by atoms with Crippen LogP contribution in [0.3, 0.4) is 0 Å². The number of rotatable bonds is 4. The van der Waals surface area contributed by atoms with Crippen molar-refractivity contribution in [2.75, 3.05) is 0 Å². The van der Waals surface area contributed by atoms with Crippen molar-refractivity contribution in [2.24, 2.45) is 0 Å². The third-order valence-electron chi connectivity index (χ3n) is 2.43. The van der Waals surface area contributed by atoms with E-state index in [4.69, 9.17) is 0 Å². The number of hydrogen-bond acceptors (Lipinski definition) is 1. The molecule has 1 saturated carbocycles. The number of carbonyl (C=O) groups is 1. The molecule has 1 nitrogen and oxygen atoms in total. The van der Waals surface area contributed by atoms with Crippen molar-refractivity contribution in [1.82, 2.24) is 0 Å². The maximum absolute atomic E-state index is 11.5. The lowest BCUT2D eigenvalue weighted by Gasteiger charge is -2.18. The molecule has 1 aliphatic rings. The van der Waals surface area contributed by atoms with Crippen LogP contribution in [0.1, 0.15) is 44.9 Å². The lowest BCUT2D eigenvalue weighted by Crippen LogP contribution is -2.14. The predicted octanol–water partition coefficient (Wildman–Crippen LogP) is 3.06. The van der Waals surface area contributed by atoms with E-state index in [1.54, 1.807) is 0 Å². The maximum atomic E-state index is 11.5. The van der Waals surface area contributed by atoms with Crippen LogP contribution >= 0.6 is 0 Å². The monoisotopic (exact) mass is 165 g/mol. The van der Waals surface area contributed by atoms with E-state index < -0.39 is 0 Å². The summed E-state index contributed by atoms with van der Waals surface area (Å²) in [5, 5.41) is 0. The van der Waals surface area contributed by atoms with Crippen molar-refractivity contribution in [3.63, 3.8) is 0 Å². The van der Waals surface area contributed by atoms with Crippen LogP contribution in [0, 0.1) is 5.92 Å². The molecule has 0 amide bonds. The van der Waals surface area contributed by atoms with Gasteiger partial charge < -0.3 is 0 Å². The van der Waals surface area contributed by atoms with Gasteiger partial charge >= 0.3 is 0 Å². The molecular formula is C11H17O. The standard InChI is InChI=1S/C11H17O/c1-2-3-9-11(12)10-7-5-4-6-8-10/h2H,1,3-9H2. The van der Waals surface area contributed by atoms with Crippen molar-refractivity contribution < 1.29 is 4.79 Å². The first kappa shape index (κ1) is 9.50. The highest BCUT2D eigenvalue weighted by Crippen LogP contribution is 2.27. The first-order chi connectivity index (χ1) is 5.84. The molecule has 0 aromatic heterocycles. The normalized spacial score (nSPS) is 19.0. The fourth-order valence-corrected chi connectivity index (χ4v) is 1.67. The van der Waals surface area contributed by atoms with Gasteiger partial charge in [0.1, 0.15) is 5.78 Å². The molecule has 12 heavy (non-hydrogen) atoms. The quantitative estimate of drug-likeness (QED) is 0.585. The molecule has 1 heteroatoms.